The molecule has 2 aliphatic carbocycles. The molecular weight excluding hydrogens is 414 g/mol. The van der Waals surface area contributed by atoms with E-state index in [0.29, 0.717) is 18.6 Å². The number of hydrogen-bond donors (Lipinski definition) is 3. The van der Waals surface area contributed by atoms with Gasteiger partial charge in [-0.2, -0.15) is 0 Å². The fourth-order valence-corrected chi connectivity index (χ4v) is 5.46. The molecule has 1 saturated carbocycles. The van der Waals surface area contributed by atoms with Crippen molar-refractivity contribution in [1.29, 1.82) is 0 Å². The van der Waals surface area contributed by atoms with Crippen LogP contribution in [0.15, 0.2) is 34.5 Å². The summed E-state index contributed by atoms with van der Waals surface area (Å²) in [5.74, 6) is 2.32. The van der Waals surface area contributed by atoms with E-state index in [0.717, 1.165) is 62.4 Å². The van der Waals surface area contributed by atoms with Crippen molar-refractivity contribution in [2.75, 3.05) is 27.8 Å². The molecule has 182 valence electrons. The minimum atomic E-state index is -0.691. The monoisotopic (exact) mass is 455 g/mol. The van der Waals surface area contributed by atoms with Gasteiger partial charge in [-0.25, -0.2) is 4.99 Å². The van der Waals surface area contributed by atoms with Crippen LogP contribution in [0.1, 0.15) is 63.9 Å². The quantitative estimate of drug-likeness (QED) is 0.581. The first-order chi connectivity index (χ1) is 15.9. The Morgan fingerprint density at radius 2 is 1.91 bits per heavy atom. The highest BCUT2D eigenvalue weighted by Crippen LogP contribution is 2.37. The number of rotatable bonds is 7. The van der Waals surface area contributed by atoms with E-state index < -0.39 is 5.79 Å². The molecule has 1 atom stereocenters. The van der Waals surface area contributed by atoms with E-state index in [2.05, 4.69) is 41.8 Å². The molecule has 1 heterocycles. The van der Waals surface area contributed by atoms with Crippen LogP contribution >= 0.6 is 0 Å². The fraction of sp³-hybridized carbons (Fsp3) is 0.654. The van der Waals surface area contributed by atoms with E-state index in [9.17, 15) is 0 Å². The van der Waals surface area contributed by atoms with Gasteiger partial charge in [-0.1, -0.05) is 6.07 Å². The largest absolute Gasteiger partial charge is 0.493 e. The molecule has 1 unspecified atom stereocenters. The first-order valence-electron chi connectivity index (χ1n) is 12.5. The first-order valence-corrected chi connectivity index (χ1v) is 12.5. The highest BCUT2D eigenvalue weighted by Gasteiger charge is 2.42. The summed E-state index contributed by atoms with van der Waals surface area (Å²) in [4.78, 5) is 7.23. The van der Waals surface area contributed by atoms with Gasteiger partial charge in [0.25, 0.3) is 0 Å². The van der Waals surface area contributed by atoms with Crippen molar-refractivity contribution in [3.05, 3.63) is 35.0 Å². The third-order valence-electron chi connectivity index (χ3n) is 7.28. The molecule has 4 N–H and O–H groups in total. The number of allylic oxidation sites excluding steroid dienone is 1. The van der Waals surface area contributed by atoms with Crippen LogP contribution in [0.2, 0.25) is 0 Å². The Hall–Kier alpha value is -2.25. The van der Waals surface area contributed by atoms with E-state index >= 15 is 0 Å². The average Bonchev–Trinajstić information content (AvgIpc) is 2.83. The number of likely N-dealkylation sites (N-methyl/N-ethyl adjacent to an activating group) is 1. The molecule has 7 heteroatoms. The second-order valence-corrected chi connectivity index (χ2v) is 9.79. The highest BCUT2D eigenvalue weighted by molar-refractivity contribution is 5.99. The van der Waals surface area contributed by atoms with Crippen molar-refractivity contribution >= 4 is 5.84 Å². The van der Waals surface area contributed by atoms with Crippen LogP contribution in [0, 0.1) is 5.92 Å². The molecule has 0 saturated heterocycles. The number of aliphatic imine (C=N–C) groups is 1. The van der Waals surface area contributed by atoms with Gasteiger partial charge in [0.05, 0.1) is 13.7 Å². The van der Waals surface area contributed by atoms with Crippen molar-refractivity contribution in [3.63, 3.8) is 0 Å². The molecule has 0 amide bonds. The molecule has 7 nitrogen and oxygen atoms in total. The minimum Gasteiger partial charge on any atom is -0.493 e. The van der Waals surface area contributed by atoms with Crippen molar-refractivity contribution in [3.8, 4) is 11.5 Å². The lowest BCUT2D eigenvalue weighted by atomic mass is 9.80. The summed E-state index contributed by atoms with van der Waals surface area (Å²) in [5.41, 5.74) is 10.9. The van der Waals surface area contributed by atoms with E-state index in [-0.39, 0.29) is 0 Å². The zero-order chi connectivity index (χ0) is 23.4. The van der Waals surface area contributed by atoms with Crippen LogP contribution in [0.5, 0.6) is 11.5 Å². The summed E-state index contributed by atoms with van der Waals surface area (Å²) in [6.07, 6.45) is 9.02. The average molecular weight is 456 g/mol. The number of amidine groups is 1. The summed E-state index contributed by atoms with van der Waals surface area (Å²) in [6.45, 7) is 3.44. The number of nitrogens with one attached hydrogen (secondary N) is 2. The van der Waals surface area contributed by atoms with E-state index in [1.165, 1.54) is 29.7 Å². The van der Waals surface area contributed by atoms with E-state index in [1.807, 2.05) is 13.0 Å². The van der Waals surface area contributed by atoms with Gasteiger partial charge in [-0.3, -0.25) is 5.73 Å². The maximum absolute atomic E-state index is 6.95. The van der Waals surface area contributed by atoms with Gasteiger partial charge >= 0.3 is 0 Å². The molecule has 1 aromatic rings. The lowest BCUT2D eigenvalue weighted by Crippen LogP contribution is -2.61. The van der Waals surface area contributed by atoms with Gasteiger partial charge in [0.2, 0.25) is 0 Å². The maximum atomic E-state index is 6.95. The van der Waals surface area contributed by atoms with Crippen LogP contribution in [0.25, 0.3) is 0 Å². The van der Waals surface area contributed by atoms with Crippen LogP contribution in [-0.2, 0) is 6.54 Å². The highest BCUT2D eigenvalue weighted by atomic mass is 16.5. The van der Waals surface area contributed by atoms with Gasteiger partial charge in [-0.15, -0.1) is 0 Å². The first kappa shape index (κ1) is 23.9. The lowest BCUT2D eigenvalue weighted by Gasteiger charge is -2.45. The van der Waals surface area contributed by atoms with Crippen molar-refractivity contribution in [2.45, 2.75) is 76.7 Å². The Bertz CT molecular complexity index is 889. The third-order valence-corrected chi connectivity index (χ3v) is 7.28. The fourth-order valence-electron chi connectivity index (χ4n) is 5.46. The second-order valence-electron chi connectivity index (χ2n) is 9.79. The lowest BCUT2D eigenvalue weighted by molar-refractivity contribution is 0.160. The Morgan fingerprint density at radius 3 is 2.61 bits per heavy atom. The SMILES string of the molecule is CCOc1cc(CNC2CCC(C3(N)N=C(N(C)C)C4=C(CCCC4)N3)CC2)ccc1OC. The van der Waals surface area contributed by atoms with Gasteiger partial charge in [-0.05, 0) is 76.0 Å². The van der Waals surface area contributed by atoms with Gasteiger partial charge in [0.1, 0.15) is 5.84 Å². The van der Waals surface area contributed by atoms with Crippen LogP contribution in [-0.4, -0.2) is 50.4 Å². The molecule has 0 bridgehead atoms. The topological polar surface area (TPSA) is 84.1 Å². The molecule has 3 aliphatic rings. The van der Waals surface area contributed by atoms with Crippen molar-refractivity contribution in [2.24, 2.45) is 16.6 Å². The molecule has 1 aromatic carbocycles. The molecule has 0 aromatic heterocycles. The summed E-state index contributed by atoms with van der Waals surface area (Å²) in [7, 11) is 5.85. The van der Waals surface area contributed by atoms with Crippen LogP contribution in [0.4, 0.5) is 0 Å². The molecule has 33 heavy (non-hydrogen) atoms. The maximum Gasteiger partial charge on any atom is 0.187 e. The predicted molar refractivity (Wildman–Crippen MR) is 133 cm³/mol. The molecule has 0 radical (unpaired) electrons. The minimum absolute atomic E-state index is 0.340. The Labute approximate surface area is 198 Å². The van der Waals surface area contributed by atoms with Crippen LogP contribution < -0.4 is 25.8 Å². The van der Waals surface area contributed by atoms with Gasteiger partial charge < -0.3 is 25.0 Å². The molecule has 4 rings (SSSR count). The Morgan fingerprint density at radius 1 is 1.15 bits per heavy atom. The number of methoxy groups -OCH3 is 1. The van der Waals surface area contributed by atoms with Crippen LogP contribution in [0.3, 0.4) is 0 Å². The molecular formula is C26H41N5O2. The van der Waals surface area contributed by atoms with Gasteiger partial charge in [0, 0.05) is 43.9 Å². The summed E-state index contributed by atoms with van der Waals surface area (Å²) < 4.78 is 11.1. The normalized spacial score (nSPS) is 27.4. The Kier molecular flexibility index (Phi) is 7.49. The number of ether oxygens (including phenoxy) is 2. The summed E-state index contributed by atoms with van der Waals surface area (Å²) in [5, 5.41) is 7.43. The number of nitrogens with two attached hydrogens (primary N) is 1. The molecule has 0 spiro atoms. The third kappa shape index (κ3) is 5.30. The smallest absolute Gasteiger partial charge is 0.187 e. The zero-order valence-electron chi connectivity index (χ0n) is 20.7. The second kappa shape index (κ2) is 10.3. The van der Waals surface area contributed by atoms with Gasteiger partial charge in [0.15, 0.2) is 17.3 Å². The van der Waals surface area contributed by atoms with E-state index in [4.69, 9.17) is 20.2 Å². The summed E-state index contributed by atoms with van der Waals surface area (Å²) in [6, 6.07) is 6.66. The number of hydrogen-bond acceptors (Lipinski definition) is 7. The van der Waals surface area contributed by atoms with E-state index in [1.54, 1.807) is 7.11 Å². The number of benzene rings is 1. The summed E-state index contributed by atoms with van der Waals surface area (Å²) >= 11 is 0. The van der Waals surface area contributed by atoms with Crippen molar-refractivity contribution < 1.29 is 9.47 Å². The Balaban J connectivity index is 1.35. The standard InChI is InChI=1S/C26H41N5O2/c1-5-33-24-16-18(10-15-23(24)32-4)17-28-20-13-11-19(12-14-20)26(27)29-22-9-7-6-8-21(22)25(30-26)31(2)3/h10,15-16,19-20,28-29H,5-9,11-14,17,27H2,1-4H3. The molecule has 1 aliphatic heterocycles. The zero-order valence-corrected chi connectivity index (χ0v) is 20.7. The predicted octanol–water partition coefficient (Wildman–Crippen LogP) is 3.75. The van der Waals surface area contributed by atoms with Crippen molar-refractivity contribution in [1.82, 2.24) is 15.5 Å². The number of nitrogens with zero attached hydrogens (tertiary/aromatic N) is 2. The molecule has 1 fully saturated rings.